The van der Waals surface area contributed by atoms with Crippen molar-refractivity contribution in [2.45, 2.75) is 32.4 Å². The van der Waals surface area contributed by atoms with Gasteiger partial charge in [0.25, 0.3) is 5.91 Å². The minimum absolute atomic E-state index is 0.0941. The first-order chi connectivity index (χ1) is 10.0. The van der Waals surface area contributed by atoms with Gasteiger partial charge in [0, 0.05) is 13.1 Å². The molecule has 0 saturated carbocycles. The van der Waals surface area contributed by atoms with Crippen LogP contribution in [0.2, 0.25) is 0 Å². The van der Waals surface area contributed by atoms with E-state index < -0.39 is 24.0 Å². The monoisotopic (exact) mass is 301 g/mol. The van der Waals surface area contributed by atoms with Crippen molar-refractivity contribution < 1.29 is 23.9 Å². The number of nitrogens with one attached hydrogen (secondary N) is 1. The standard InChI is InChI=1S/C13H23N3O5/c1-3-5-15-11(17)9-8-20-7-6-16(9)12(18)10(14)13(19)21-4-2/h9-10H,3-8,14H2,1-2H3,(H,15,17). The summed E-state index contributed by atoms with van der Waals surface area (Å²) < 4.78 is 9.97. The second kappa shape index (κ2) is 8.58. The van der Waals surface area contributed by atoms with Gasteiger partial charge in [0.15, 0.2) is 6.04 Å². The average Bonchev–Trinajstić information content (AvgIpc) is 2.51. The van der Waals surface area contributed by atoms with E-state index in [1.807, 2.05) is 6.92 Å². The van der Waals surface area contributed by atoms with E-state index in [0.717, 1.165) is 6.42 Å². The Bertz CT molecular complexity index is 388. The van der Waals surface area contributed by atoms with Gasteiger partial charge in [0.2, 0.25) is 5.91 Å². The summed E-state index contributed by atoms with van der Waals surface area (Å²) in [6.45, 7) is 4.83. The number of nitrogens with two attached hydrogens (primary N) is 1. The Labute approximate surface area is 123 Å². The van der Waals surface area contributed by atoms with Gasteiger partial charge in [0.05, 0.1) is 19.8 Å². The molecule has 3 N–H and O–H groups in total. The molecular weight excluding hydrogens is 278 g/mol. The molecule has 1 rings (SSSR count). The highest BCUT2D eigenvalue weighted by Gasteiger charge is 2.37. The van der Waals surface area contributed by atoms with Gasteiger partial charge in [-0.05, 0) is 13.3 Å². The number of amides is 2. The van der Waals surface area contributed by atoms with Crippen molar-refractivity contribution in [2.75, 3.05) is 32.9 Å². The maximum Gasteiger partial charge on any atom is 0.332 e. The molecule has 0 bridgehead atoms. The van der Waals surface area contributed by atoms with E-state index in [1.165, 1.54) is 4.90 Å². The molecule has 21 heavy (non-hydrogen) atoms. The van der Waals surface area contributed by atoms with Crippen molar-refractivity contribution in [1.82, 2.24) is 10.2 Å². The summed E-state index contributed by atoms with van der Waals surface area (Å²) in [5.74, 6) is -1.71. The zero-order valence-corrected chi connectivity index (χ0v) is 12.5. The van der Waals surface area contributed by atoms with Crippen molar-refractivity contribution in [3.8, 4) is 0 Å². The molecule has 0 spiro atoms. The zero-order valence-electron chi connectivity index (χ0n) is 12.5. The van der Waals surface area contributed by atoms with E-state index in [1.54, 1.807) is 6.92 Å². The fourth-order valence-corrected chi connectivity index (χ4v) is 1.96. The minimum atomic E-state index is -1.41. The molecule has 0 aromatic rings. The molecule has 8 nitrogen and oxygen atoms in total. The van der Waals surface area contributed by atoms with Crippen molar-refractivity contribution in [1.29, 1.82) is 0 Å². The van der Waals surface area contributed by atoms with Crippen LogP contribution in [-0.4, -0.2) is 67.7 Å². The molecule has 1 saturated heterocycles. The van der Waals surface area contributed by atoms with Gasteiger partial charge in [-0.3, -0.25) is 9.59 Å². The topological polar surface area (TPSA) is 111 Å². The van der Waals surface area contributed by atoms with Crippen LogP contribution in [0, 0.1) is 0 Å². The Hall–Kier alpha value is -1.67. The second-order valence-corrected chi connectivity index (χ2v) is 4.64. The largest absolute Gasteiger partial charge is 0.464 e. The third-order valence-corrected chi connectivity index (χ3v) is 3.07. The fourth-order valence-electron chi connectivity index (χ4n) is 1.96. The number of nitrogens with zero attached hydrogens (tertiary/aromatic N) is 1. The quantitative estimate of drug-likeness (QED) is 0.462. The maximum atomic E-state index is 12.3. The van der Waals surface area contributed by atoms with Crippen LogP contribution in [0.5, 0.6) is 0 Å². The van der Waals surface area contributed by atoms with E-state index in [9.17, 15) is 14.4 Å². The molecule has 2 amide bonds. The van der Waals surface area contributed by atoms with E-state index in [4.69, 9.17) is 15.2 Å². The molecule has 0 aromatic heterocycles. The summed E-state index contributed by atoms with van der Waals surface area (Å²) in [6, 6.07) is -2.18. The lowest BCUT2D eigenvalue weighted by atomic mass is 10.1. The van der Waals surface area contributed by atoms with Crippen LogP contribution in [0.1, 0.15) is 20.3 Å². The number of rotatable bonds is 6. The molecule has 0 radical (unpaired) electrons. The molecule has 1 aliphatic rings. The Kier molecular flexibility index (Phi) is 7.10. The molecule has 8 heteroatoms. The normalized spacial score (nSPS) is 19.8. The van der Waals surface area contributed by atoms with E-state index in [2.05, 4.69) is 5.32 Å². The number of hydrogen-bond acceptors (Lipinski definition) is 6. The first-order valence-electron chi connectivity index (χ1n) is 7.11. The van der Waals surface area contributed by atoms with Crippen LogP contribution in [0.4, 0.5) is 0 Å². The predicted molar refractivity (Wildman–Crippen MR) is 74.2 cm³/mol. The van der Waals surface area contributed by atoms with E-state index in [0.29, 0.717) is 13.2 Å². The van der Waals surface area contributed by atoms with Crippen LogP contribution in [0.25, 0.3) is 0 Å². The average molecular weight is 301 g/mol. The molecule has 2 unspecified atom stereocenters. The minimum Gasteiger partial charge on any atom is -0.464 e. The van der Waals surface area contributed by atoms with Crippen molar-refractivity contribution in [3.05, 3.63) is 0 Å². The zero-order chi connectivity index (χ0) is 15.8. The highest BCUT2D eigenvalue weighted by molar-refractivity contribution is 6.03. The molecule has 1 heterocycles. The number of carbonyl (C=O) groups is 3. The Morgan fingerprint density at radius 2 is 2.14 bits per heavy atom. The van der Waals surface area contributed by atoms with Gasteiger partial charge >= 0.3 is 5.97 Å². The van der Waals surface area contributed by atoms with Crippen molar-refractivity contribution >= 4 is 17.8 Å². The Balaban J connectivity index is 2.73. The third kappa shape index (κ3) is 4.68. The summed E-state index contributed by atoms with van der Waals surface area (Å²) in [6.07, 6.45) is 0.787. The molecule has 0 aliphatic carbocycles. The number of morpholine rings is 1. The van der Waals surface area contributed by atoms with Crippen LogP contribution in [0.3, 0.4) is 0 Å². The molecule has 0 aromatic carbocycles. The summed E-state index contributed by atoms with van der Waals surface area (Å²) in [4.78, 5) is 37.2. The highest BCUT2D eigenvalue weighted by Crippen LogP contribution is 2.09. The fraction of sp³-hybridized carbons (Fsp3) is 0.769. The smallest absolute Gasteiger partial charge is 0.332 e. The highest BCUT2D eigenvalue weighted by atomic mass is 16.5. The first-order valence-corrected chi connectivity index (χ1v) is 7.11. The van der Waals surface area contributed by atoms with Crippen LogP contribution >= 0.6 is 0 Å². The SMILES string of the molecule is CCCNC(=O)C1COCCN1C(=O)C(N)C(=O)OCC. The van der Waals surface area contributed by atoms with Gasteiger partial charge in [-0.1, -0.05) is 6.92 Å². The first kappa shape index (κ1) is 17.4. The van der Waals surface area contributed by atoms with E-state index in [-0.39, 0.29) is 25.7 Å². The summed E-state index contributed by atoms with van der Waals surface area (Å²) >= 11 is 0. The molecule has 120 valence electrons. The lowest BCUT2D eigenvalue weighted by molar-refractivity contribution is -0.157. The van der Waals surface area contributed by atoms with Gasteiger partial charge in [0.1, 0.15) is 6.04 Å². The predicted octanol–water partition coefficient (Wildman–Crippen LogP) is -1.37. The number of ether oxygens (including phenoxy) is 2. The Morgan fingerprint density at radius 3 is 2.76 bits per heavy atom. The maximum absolute atomic E-state index is 12.3. The van der Waals surface area contributed by atoms with Crippen LogP contribution in [0.15, 0.2) is 0 Å². The summed E-state index contributed by atoms with van der Waals surface area (Å²) in [7, 11) is 0. The van der Waals surface area contributed by atoms with Crippen LogP contribution < -0.4 is 11.1 Å². The van der Waals surface area contributed by atoms with Gasteiger partial charge < -0.3 is 25.4 Å². The third-order valence-electron chi connectivity index (χ3n) is 3.07. The number of carbonyl (C=O) groups excluding carboxylic acids is 3. The van der Waals surface area contributed by atoms with Crippen LogP contribution in [-0.2, 0) is 23.9 Å². The van der Waals surface area contributed by atoms with E-state index >= 15 is 0 Å². The summed E-state index contributed by atoms with van der Waals surface area (Å²) in [5, 5.41) is 2.71. The molecule has 1 aliphatic heterocycles. The summed E-state index contributed by atoms with van der Waals surface area (Å²) in [5.41, 5.74) is 5.60. The lowest BCUT2D eigenvalue weighted by Crippen LogP contribution is -2.60. The van der Waals surface area contributed by atoms with Crippen molar-refractivity contribution in [2.24, 2.45) is 5.73 Å². The Morgan fingerprint density at radius 1 is 1.43 bits per heavy atom. The van der Waals surface area contributed by atoms with Gasteiger partial charge in [-0.2, -0.15) is 0 Å². The lowest BCUT2D eigenvalue weighted by Gasteiger charge is -2.35. The van der Waals surface area contributed by atoms with Gasteiger partial charge in [-0.25, -0.2) is 4.79 Å². The van der Waals surface area contributed by atoms with Crippen molar-refractivity contribution in [3.63, 3.8) is 0 Å². The molecule has 2 atom stereocenters. The molecule has 1 fully saturated rings. The molecular formula is C13H23N3O5. The van der Waals surface area contributed by atoms with Gasteiger partial charge in [-0.15, -0.1) is 0 Å². The second-order valence-electron chi connectivity index (χ2n) is 4.64. The number of esters is 1. The number of hydrogen-bond donors (Lipinski definition) is 2.